The topological polar surface area (TPSA) is 74.7 Å². The third kappa shape index (κ3) is 4.00. The lowest BCUT2D eigenvalue weighted by Crippen LogP contribution is -2.49. The molecule has 0 bridgehead atoms. The fraction of sp³-hybridized carbons (Fsp3) is 0.500. The fourth-order valence-electron chi connectivity index (χ4n) is 3.71. The Morgan fingerprint density at radius 1 is 0.929 bits per heavy atom. The number of nitrogens with zero attached hydrogens (tertiary/aromatic N) is 6. The zero-order chi connectivity index (χ0) is 19.3. The van der Waals surface area contributed by atoms with Crippen LogP contribution in [0.15, 0.2) is 30.6 Å². The average Bonchev–Trinajstić information content (AvgIpc) is 2.79. The first-order chi connectivity index (χ1) is 13.7. The fourth-order valence-corrected chi connectivity index (χ4v) is 3.71. The second kappa shape index (κ2) is 8.41. The lowest BCUT2D eigenvalue weighted by atomic mass is 10.1. The Morgan fingerprint density at radius 3 is 2.39 bits per heavy atom. The number of aromatic nitrogens is 3. The van der Waals surface area contributed by atoms with E-state index < -0.39 is 0 Å². The number of piperidine rings is 1. The largest absolute Gasteiger partial charge is 0.481 e. The number of piperazine rings is 1. The first kappa shape index (κ1) is 18.5. The van der Waals surface area contributed by atoms with Crippen molar-refractivity contribution in [2.75, 3.05) is 56.2 Å². The van der Waals surface area contributed by atoms with Crippen molar-refractivity contribution in [3.8, 4) is 5.88 Å². The molecule has 1 amide bonds. The second-order valence-corrected chi connectivity index (χ2v) is 7.13. The van der Waals surface area contributed by atoms with Crippen molar-refractivity contribution in [2.24, 2.45) is 0 Å². The molecule has 2 aliphatic heterocycles. The van der Waals surface area contributed by atoms with Gasteiger partial charge in [0.05, 0.1) is 12.7 Å². The molecule has 2 aliphatic rings. The van der Waals surface area contributed by atoms with Crippen molar-refractivity contribution in [1.29, 1.82) is 0 Å². The minimum absolute atomic E-state index is 0.00602. The number of carbonyl (C=O) groups is 1. The van der Waals surface area contributed by atoms with E-state index in [4.69, 9.17) is 9.72 Å². The maximum atomic E-state index is 12.7. The standard InChI is InChI=1S/C20H26N6O2/c1-28-18-6-5-16(15-22-18)19(27)25-13-11-24(12-14-25)17-7-8-21-20(23-17)26-9-3-2-4-10-26/h5-8,15H,2-4,9-14H2,1H3. The smallest absolute Gasteiger partial charge is 0.255 e. The molecule has 148 valence electrons. The number of anilines is 2. The molecule has 0 aliphatic carbocycles. The molecule has 4 rings (SSSR count). The molecule has 2 saturated heterocycles. The van der Waals surface area contributed by atoms with Crippen LogP contribution in [0.25, 0.3) is 0 Å². The van der Waals surface area contributed by atoms with Gasteiger partial charge in [-0.3, -0.25) is 4.79 Å². The van der Waals surface area contributed by atoms with Crippen molar-refractivity contribution < 1.29 is 9.53 Å². The molecule has 0 N–H and O–H groups in total. The van der Waals surface area contributed by atoms with Crippen LogP contribution in [-0.2, 0) is 0 Å². The van der Waals surface area contributed by atoms with E-state index in [0.717, 1.165) is 37.9 Å². The van der Waals surface area contributed by atoms with Gasteiger partial charge in [0.1, 0.15) is 5.82 Å². The lowest BCUT2D eigenvalue weighted by Gasteiger charge is -2.36. The van der Waals surface area contributed by atoms with Crippen molar-refractivity contribution in [3.63, 3.8) is 0 Å². The highest BCUT2D eigenvalue weighted by Gasteiger charge is 2.24. The predicted molar refractivity (Wildman–Crippen MR) is 107 cm³/mol. The number of hydrogen-bond acceptors (Lipinski definition) is 7. The van der Waals surface area contributed by atoms with Gasteiger partial charge in [-0.1, -0.05) is 0 Å². The van der Waals surface area contributed by atoms with Crippen LogP contribution in [0.3, 0.4) is 0 Å². The molecule has 0 unspecified atom stereocenters. The summed E-state index contributed by atoms with van der Waals surface area (Å²) in [7, 11) is 1.56. The number of ether oxygens (including phenoxy) is 1. The molecular weight excluding hydrogens is 356 g/mol. The highest BCUT2D eigenvalue weighted by atomic mass is 16.5. The summed E-state index contributed by atoms with van der Waals surface area (Å²) >= 11 is 0. The van der Waals surface area contributed by atoms with Crippen molar-refractivity contribution in [3.05, 3.63) is 36.2 Å². The Morgan fingerprint density at radius 2 is 1.71 bits per heavy atom. The minimum atomic E-state index is 0.00602. The summed E-state index contributed by atoms with van der Waals surface area (Å²) in [4.78, 5) is 32.4. The average molecular weight is 382 g/mol. The van der Waals surface area contributed by atoms with Crippen LogP contribution in [0.1, 0.15) is 29.6 Å². The van der Waals surface area contributed by atoms with Crippen molar-refractivity contribution >= 4 is 17.7 Å². The number of pyridine rings is 1. The van der Waals surface area contributed by atoms with Gasteiger partial charge in [0, 0.05) is 57.7 Å². The van der Waals surface area contributed by atoms with Crippen LogP contribution in [0.2, 0.25) is 0 Å². The maximum Gasteiger partial charge on any atom is 0.255 e. The molecule has 0 radical (unpaired) electrons. The molecule has 28 heavy (non-hydrogen) atoms. The van der Waals surface area contributed by atoms with Gasteiger partial charge in [-0.05, 0) is 31.4 Å². The summed E-state index contributed by atoms with van der Waals surface area (Å²) in [5.74, 6) is 2.27. The molecule has 0 atom stereocenters. The first-order valence-corrected chi connectivity index (χ1v) is 9.87. The van der Waals surface area contributed by atoms with E-state index in [-0.39, 0.29) is 5.91 Å². The number of methoxy groups -OCH3 is 1. The molecular formula is C20H26N6O2. The molecule has 0 aromatic carbocycles. The highest BCUT2D eigenvalue weighted by molar-refractivity contribution is 5.94. The minimum Gasteiger partial charge on any atom is -0.481 e. The SMILES string of the molecule is COc1ccc(C(=O)N2CCN(c3ccnc(N4CCCCC4)n3)CC2)cn1. The van der Waals surface area contributed by atoms with E-state index in [2.05, 4.69) is 19.8 Å². The summed E-state index contributed by atoms with van der Waals surface area (Å²) in [5, 5.41) is 0. The number of rotatable bonds is 4. The summed E-state index contributed by atoms with van der Waals surface area (Å²) in [6.07, 6.45) is 7.11. The van der Waals surface area contributed by atoms with E-state index in [1.807, 2.05) is 17.2 Å². The van der Waals surface area contributed by atoms with Crippen LogP contribution in [0.5, 0.6) is 5.88 Å². The van der Waals surface area contributed by atoms with Gasteiger partial charge in [-0.15, -0.1) is 0 Å². The van der Waals surface area contributed by atoms with E-state index >= 15 is 0 Å². The van der Waals surface area contributed by atoms with Gasteiger partial charge in [0.25, 0.3) is 5.91 Å². The lowest BCUT2D eigenvalue weighted by molar-refractivity contribution is 0.0746. The second-order valence-electron chi connectivity index (χ2n) is 7.13. The zero-order valence-corrected chi connectivity index (χ0v) is 16.3. The van der Waals surface area contributed by atoms with E-state index in [0.29, 0.717) is 24.5 Å². The highest BCUT2D eigenvalue weighted by Crippen LogP contribution is 2.20. The Bertz CT molecular complexity index is 799. The molecule has 2 aromatic heterocycles. The van der Waals surface area contributed by atoms with Gasteiger partial charge in [-0.2, -0.15) is 4.98 Å². The molecule has 8 heteroatoms. The Balaban J connectivity index is 1.37. The Kier molecular flexibility index (Phi) is 5.55. The van der Waals surface area contributed by atoms with Crippen LogP contribution in [-0.4, -0.2) is 72.1 Å². The normalized spacial score (nSPS) is 17.5. The van der Waals surface area contributed by atoms with Crippen LogP contribution >= 0.6 is 0 Å². The summed E-state index contributed by atoms with van der Waals surface area (Å²) in [6.45, 7) is 4.89. The molecule has 2 aromatic rings. The molecule has 8 nitrogen and oxygen atoms in total. The monoisotopic (exact) mass is 382 g/mol. The zero-order valence-electron chi connectivity index (χ0n) is 16.3. The van der Waals surface area contributed by atoms with E-state index in [9.17, 15) is 4.79 Å². The van der Waals surface area contributed by atoms with Crippen molar-refractivity contribution in [2.45, 2.75) is 19.3 Å². The van der Waals surface area contributed by atoms with Gasteiger partial charge in [-0.25, -0.2) is 9.97 Å². The van der Waals surface area contributed by atoms with Crippen molar-refractivity contribution in [1.82, 2.24) is 19.9 Å². The van der Waals surface area contributed by atoms with Crippen LogP contribution in [0.4, 0.5) is 11.8 Å². The summed E-state index contributed by atoms with van der Waals surface area (Å²) in [6, 6.07) is 5.43. The number of carbonyl (C=O) groups excluding carboxylic acids is 1. The van der Waals surface area contributed by atoms with Crippen LogP contribution < -0.4 is 14.5 Å². The van der Waals surface area contributed by atoms with Gasteiger partial charge in [0.15, 0.2) is 0 Å². The third-order valence-corrected chi connectivity index (χ3v) is 5.35. The number of amides is 1. The molecule has 0 saturated carbocycles. The van der Waals surface area contributed by atoms with E-state index in [1.54, 1.807) is 25.4 Å². The number of hydrogen-bond donors (Lipinski definition) is 0. The van der Waals surface area contributed by atoms with E-state index in [1.165, 1.54) is 19.3 Å². The van der Waals surface area contributed by atoms with Gasteiger partial charge in [0.2, 0.25) is 11.8 Å². The summed E-state index contributed by atoms with van der Waals surface area (Å²) < 4.78 is 5.05. The quantitative estimate of drug-likeness (QED) is 0.799. The Hall–Kier alpha value is -2.90. The predicted octanol–water partition coefficient (Wildman–Crippen LogP) is 1.83. The Labute approximate surface area is 165 Å². The van der Waals surface area contributed by atoms with Gasteiger partial charge < -0.3 is 19.4 Å². The molecule has 2 fully saturated rings. The summed E-state index contributed by atoms with van der Waals surface area (Å²) in [5.41, 5.74) is 0.587. The van der Waals surface area contributed by atoms with Gasteiger partial charge >= 0.3 is 0 Å². The first-order valence-electron chi connectivity index (χ1n) is 9.87. The molecule has 4 heterocycles. The maximum absolute atomic E-state index is 12.7. The third-order valence-electron chi connectivity index (χ3n) is 5.35. The molecule has 0 spiro atoms. The van der Waals surface area contributed by atoms with Crippen LogP contribution in [0, 0.1) is 0 Å².